The van der Waals surface area contributed by atoms with Crippen molar-refractivity contribution in [3.05, 3.63) is 0 Å². The van der Waals surface area contributed by atoms with Crippen molar-refractivity contribution in [2.45, 2.75) is 101 Å². The number of hydrogen-bond donors (Lipinski definition) is 4. The van der Waals surface area contributed by atoms with E-state index in [1.807, 2.05) is 0 Å². The summed E-state index contributed by atoms with van der Waals surface area (Å²) < 4.78 is 73.9. The summed E-state index contributed by atoms with van der Waals surface area (Å²) in [5.74, 6) is -5.12. The molecule has 4 atom stereocenters. The minimum Gasteiger partial charge on any atom is -0.549 e. The van der Waals surface area contributed by atoms with Crippen LogP contribution in [0.2, 0.25) is 0 Å². The van der Waals surface area contributed by atoms with Gasteiger partial charge in [0.25, 0.3) is 0 Å². The van der Waals surface area contributed by atoms with E-state index >= 15 is 0 Å². The van der Waals surface area contributed by atoms with Crippen molar-refractivity contribution in [1.82, 2.24) is 0 Å². The molecule has 2 saturated carbocycles. The van der Waals surface area contributed by atoms with Crippen LogP contribution < -0.4 is 33.1 Å². The molecular weight excluding hydrogens is 1120 g/mol. The van der Waals surface area contributed by atoms with Crippen LogP contribution in [0, 0.1) is 10.8 Å². The molecule has 25 heteroatoms. The van der Waals surface area contributed by atoms with E-state index in [2.05, 4.69) is 0 Å². The predicted octanol–water partition coefficient (Wildman–Crippen LogP) is -2.08. The maximum Gasteiger partial charge on any atom is 2.00 e. The van der Waals surface area contributed by atoms with Crippen molar-refractivity contribution in [3.63, 3.8) is 0 Å². The number of nitrogens with two attached hydrogens (primary N) is 4. The molecule has 2 rings (SSSR count). The van der Waals surface area contributed by atoms with E-state index in [1.54, 1.807) is 28.4 Å². The van der Waals surface area contributed by atoms with Crippen LogP contribution in [0.3, 0.4) is 0 Å². The molecular formula is C46H86N4O20Pt. The molecule has 0 bridgehead atoms. The van der Waals surface area contributed by atoms with E-state index in [0.717, 1.165) is 25.7 Å². The Morgan fingerprint density at radius 2 is 0.648 bits per heavy atom. The Bertz CT molecular complexity index is 1260. The number of carboxylic acids is 2. The molecule has 420 valence electrons. The first-order valence-corrected chi connectivity index (χ1v) is 24.2. The molecule has 0 aliphatic heterocycles. The number of carboxylic acid groups (broad SMARTS) is 2. The third kappa shape index (κ3) is 27.3. The average molecular weight is 1210 g/mol. The number of ether oxygens (including phenoxy) is 14. The summed E-state index contributed by atoms with van der Waals surface area (Å²) in [5.41, 5.74) is 17.9. The molecule has 71 heavy (non-hydrogen) atoms. The third-order valence-corrected chi connectivity index (χ3v) is 12.0. The van der Waals surface area contributed by atoms with Crippen LogP contribution in [-0.4, -0.2) is 208 Å². The predicted molar refractivity (Wildman–Crippen MR) is 246 cm³/mol. The fraction of sp³-hybridized carbons (Fsp3) is 0.913. The normalized spacial score (nSPS) is 20.3. The Balaban J connectivity index is 0.00000136. The van der Waals surface area contributed by atoms with E-state index in [1.165, 1.54) is 0 Å². The SMILES string of the molecule is COCCOCCOCCC(CCOCCOCCOC)(C(=O)[O-])C(=O)O[C@@]1(N)CCCC[C@H]1N.COCCOCCOCCC(CCOCCOCCOC)(C(=O)[O-])C(=O)O[C@@]1(N)CCCC[C@H]1N.[Pt+2]. The van der Waals surface area contributed by atoms with Gasteiger partial charge in [0.05, 0.1) is 130 Å². The molecule has 0 aromatic rings. The second-order valence-electron chi connectivity index (χ2n) is 17.0. The number of methoxy groups -OCH3 is 4. The Labute approximate surface area is 434 Å². The van der Waals surface area contributed by atoms with Gasteiger partial charge in [0.15, 0.2) is 11.4 Å². The van der Waals surface area contributed by atoms with Crippen LogP contribution in [0.15, 0.2) is 0 Å². The second kappa shape index (κ2) is 41.2. The first kappa shape index (κ1) is 68.9. The zero-order valence-electron chi connectivity index (χ0n) is 42.6. The van der Waals surface area contributed by atoms with Gasteiger partial charge < -0.3 is 97.6 Å². The van der Waals surface area contributed by atoms with E-state index in [4.69, 9.17) is 89.3 Å². The summed E-state index contributed by atoms with van der Waals surface area (Å²) in [6.45, 7) is 5.51. The molecule has 2 fully saturated rings. The van der Waals surface area contributed by atoms with Gasteiger partial charge >= 0.3 is 33.0 Å². The largest absolute Gasteiger partial charge is 2.00 e. The first-order chi connectivity index (χ1) is 33.6. The number of carbonyl (C=O) groups excluding carboxylic acids is 4. The van der Waals surface area contributed by atoms with E-state index in [9.17, 15) is 29.4 Å². The smallest absolute Gasteiger partial charge is 0.549 e. The monoisotopic (exact) mass is 1210 g/mol. The van der Waals surface area contributed by atoms with E-state index < -0.39 is 58.2 Å². The first-order valence-electron chi connectivity index (χ1n) is 24.2. The Kier molecular flexibility index (Phi) is 40.0. The third-order valence-electron chi connectivity index (χ3n) is 12.0. The number of esters is 2. The van der Waals surface area contributed by atoms with Crippen molar-refractivity contribution in [2.24, 2.45) is 33.8 Å². The number of aliphatic carboxylic acids is 2. The quantitative estimate of drug-likeness (QED) is 0.0221. The zero-order valence-corrected chi connectivity index (χ0v) is 44.8. The van der Waals surface area contributed by atoms with Crippen molar-refractivity contribution < 1.29 is 117 Å². The summed E-state index contributed by atoms with van der Waals surface area (Å²) >= 11 is 0. The summed E-state index contributed by atoms with van der Waals surface area (Å²) in [6.07, 6.45) is 4.37. The van der Waals surface area contributed by atoms with Gasteiger partial charge in [0.1, 0.15) is 10.8 Å². The number of hydrogen-bond acceptors (Lipinski definition) is 24. The summed E-state index contributed by atoms with van der Waals surface area (Å²) in [7, 11) is 6.29. The van der Waals surface area contributed by atoms with Gasteiger partial charge in [-0.25, -0.2) is 0 Å². The molecule has 0 spiro atoms. The summed E-state index contributed by atoms with van der Waals surface area (Å²) in [4.78, 5) is 51.1. The van der Waals surface area contributed by atoms with Crippen LogP contribution in [0.1, 0.15) is 77.0 Å². The average Bonchev–Trinajstić information content (AvgIpc) is 3.33. The summed E-state index contributed by atoms with van der Waals surface area (Å²) in [6, 6.07) is -1.17. The zero-order chi connectivity index (χ0) is 52.0. The minimum atomic E-state index is -2.00. The molecule has 0 radical (unpaired) electrons. The molecule has 0 saturated heterocycles. The van der Waals surface area contributed by atoms with Crippen LogP contribution >= 0.6 is 0 Å². The number of rotatable bonds is 42. The van der Waals surface area contributed by atoms with Gasteiger partial charge in [0, 0.05) is 67.7 Å². The standard InChI is InChI=1S/2C23H44N2O10.Pt/c2*1-29-11-13-33-17-15-31-9-7-22(20(26)27,8-10-32-16-18-34-14-12-30-2)21(28)35-23(25)6-4-3-5-19(23)24;/h2*19H,3-18,24-25H2,1-2H3,(H,26,27);/q;;+2/p-2/t2*19-,23+;/m11./s1. The summed E-state index contributed by atoms with van der Waals surface area (Å²) in [5, 5.41) is 24.6. The molecule has 0 heterocycles. The molecule has 0 aromatic heterocycles. The van der Waals surface area contributed by atoms with Gasteiger partial charge in [-0.05, 0) is 51.4 Å². The van der Waals surface area contributed by atoms with Crippen molar-refractivity contribution in [2.75, 3.05) is 161 Å². The van der Waals surface area contributed by atoms with Gasteiger partial charge in [-0.1, -0.05) is 12.8 Å². The van der Waals surface area contributed by atoms with Crippen molar-refractivity contribution in [3.8, 4) is 0 Å². The Morgan fingerprint density at radius 3 is 0.859 bits per heavy atom. The topological polar surface area (TPSA) is 348 Å². The van der Waals surface area contributed by atoms with Gasteiger partial charge in [-0.2, -0.15) is 0 Å². The minimum absolute atomic E-state index is 0. The molecule has 0 aromatic carbocycles. The fourth-order valence-electron chi connectivity index (χ4n) is 7.26. The van der Waals surface area contributed by atoms with Crippen LogP contribution in [0.5, 0.6) is 0 Å². The Morgan fingerprint density at radius 1 is 0.423 bits per heavy atom. The van der Waals surface area contributed by atoms with E-state index in [-0.39, 0.29) is 99.6 Å². The molecule has 2 aliphatic carbocycles. The molecule has 0 amide bonds. The van der Waals surface area contributed by atoms with Gasteiger partial charge in [-0.3, -0.25) is 21.1 Å². The fourth-order valence-corrected chi connectivity index (χ4v) is 7.26. The second-order valence-corrected chi connectivity index (χ2v) is 17.0. The van der Waals surface area contributed by atoms with Gasteiger partial charge in [-0.15, -0.1) is 0 Å². The molecule has 0 unspecified atom stereocenters. The van der Waals surface area contributed by atoms with Crippen molar-refractivity contribution in [1.29, 1.82) is 0 Å². The molecule has 8 N–H and O–H groups in total. The van der Waals surface area contributed by atoms with Crippen LogP contribution in [-0.2, 0) is 107 Å². The van der Waals surface area contributed by atoms with Crippen LogP contribution in [0.4, 0.5) is 0 Å². The Hall–Kier alpha value is -2.07. The van der Waals surface area contributed by atoms with Gasteiger partial charge in [0.2, 0.25) is 0 Å². The maximum absolute atomic E-state index is 13.2. The molecule has 2 aliphatic rings. The number of carbonyl (C=O) groups is 4. The van der Waals surface area contributed by atoms with Crippen molar-refractivity contribution >= 4 is 23.9 Å². The molecule has 24 nitrogen and oxygen atoms in total. The van der Waals surface area contributed by atoms with E-state index in [0.29, 0.717) is 105 Å². The maximum atomic E-state index is 13.2. The van der Waals surface area contributed by atoms with Crippen LogP contribution in [0.25, 0.3) is 0 Å².